The summed E-state index contributed by atoms with van der Waals surface area (Å²) < 4.78 is 4.20. The van der Waals surface area contributed by atoms with E-state index < -0.39 is 29.8 Å². The van der Waals surface area contributed by atoms with E-state index in [1.807, 2.05) is 0 Å². The van der Waals surface area contributed by atoms with Crippen LogP contribution in [-0.2, 0) is 23.9 Å². The summed E-state index contributed by atoms with van der Waals surface area (Å²) in [5, 5.41) is 24.3. The maximum Gasteiger partial charge on any atom is 0.306 e. The van der Waals surface area contributed by atoms with Gasteiger partial charge in [-0.05, 0) is 0 Å². The molecule has 0 bridgehead atoms. The molecule has 0 heterocycles. The van der Waals surface area contributed by atoms with Crippen molar-refractivity contribution in [3.8, 4) is 0 Å². The Balaban J connectivity index is 0. The highest BCUT2D eigenvalue weighted by Gasteiger charge is 2.13. The van der Waals surface area contributed by atoms with Crippen molar-refractivity contribution in [1.82, 2.24) is 0 Å². The van der Waals surface area contributed by atoms with Crippen LogP contribution in [0, 0.1) is 5.92 Å². The Labute approximate surface area is 103 Å². The third kappa shape index (κ3) is 13.9. The topological polar surface area (TPSA) is 138 Å². The average molecular weight is 264 g/mol. The van der Waals surface area contributed by atoms with Crippen LogP contribution in [0.5, 0.6) is 0 Å². The third-order valence-electron chi connectivity index (χ3n) is 1.67. The van der Waals surface area contributed by atoms with Gasteiger partial charge in [0.1, 0.15) is 0 Å². The van der Waals surface area contributed by atoms with Crippen molar-refractivity contribution in [3.63, 3.8) is 0 Å². The minimum Gasteiger partial charge on any atom is -0.481 e. The van der Waals surface area contributed by atoms with Crippen LogP contribution in [0.25, 0.3) is 0 Å². The second-order valence-electron chi connectivity index (χ2n) is 3.31. The van der Waals surface area contributed by atoms with Gasteiger partial charge in [-0.25, -0.2) is 0 Å². The van der Waals surface area contributed by atoms with E-state index in [1.165, 1.54) is 14.0 Å². The van der Waals surface area contributed by atoms with Crippen LogP contribution < -0.4 is 0 Å². The van der Waals surface area contributed by atoms with Crippen LogP contribution in [-0.4, -0.2) is 46.3 Å². The third-order valence-corrected chi connectivity index (χ3v) is 1.67. The van der Waals surface area contributed by atoms with Gasteiger partial charge in [0, 0.05) is 0 Å². The quantitative estimate of drug-likeness (QED) is 0.578. The summed E-state index contributed by atoms with van der Waals surface area (Å²) in [5.74, 6) is -4.41. The summed E-state index contributed by atoms with van der Waals surface area (Å²) in [7, 11) is 1.23. The predicted molar refractivity (Wildman–Crippen MR) is 57.9 cm³/mol. The summed E-state index contributed by atoms with van der Waals surface area (Å²) >= 11 is 0. The summed E-state index contributed by atoms with van der Waals surface area (Å²) in [5.41, 5.74) is 0. The molecule has 18 heavy (non-hydrogen) atoms. The molecule has 104 valence electrons. The van der Waals surface area contributed by atoms with Crippen molar-refractivity contribution in [3.05, 3.63) is 0 Å². The highest BCUT2D eigenvalue weighted by Crippen LogP contribution is 1.99. The Morgan fingerprint density at radius 2 is 1.50 bits per heavy atom. The lowest BCUT2D eigenvalue weighted by Gasteiger charge is -1.98. The summed E-state index contributed by atoms with van der Waals surface area (Å²) in [4.78, 5) is 39.9. The molecule has 3 N–H and O–H groups in total. The first-order chi connectivity index (χ1) is 8.20. The van der Waals surface area contributed by atoms with E-state index in [0.29, 0.717) is 0 Å². The molecule has 0 aromatic carbocycles. The zero-order valence-electron chi connectivity index (χ0n) is 10.1. The Kier molecular flexibility index (Phi) is 10.2. The molecular weight excluding hydrogens is 248 g/mol. The number of carboxylic acid groups (broad SMARTS) is 3. The number of aliphatic carboxylic acids is 3. The van der Waals surface area contributed by atoms with Crippen molar-refractivity contribution in [2.45, 2.75) is 26.2 Å². The van der Waals surface area contributed by atoms with Crippen molar-refractivity contribution >= 4 is 23.9 Å². The van der Waals surface area contributed by atoms with Gasteiger partial charge in [-0.3, -0.25) is 19.2 Å². The van der Waals surface area contributed by atoms with Crippen LogP contribution in [0.4, 0.5) is 0 Å². The van der Waals surface area contributed by atoms with Crippen molar-refractivity contribution in [2.24, 2.45) is 5.92 Å². The number of carbonyl (C=O) groups excluding carboxylic acids is 1. The lowest BCUT2D eigenvalue weighted by atomic mass is 10.1. The number of ether oxygens (including phenoxy) is 1. The van der Waals surface area contributed by atoms with E-state index in [1.54, 1.807) is 0 Å². The van der Waals surface area contributed by atoms with Gasteiger partial charge in [0.15, 0.2) is 0 Å². The summed E-state index contributed by atoms with van der Waals surface area (Å²) in [6.45, 7) is 1.36. The number of esters is 1. The highest BCUT2D eigenvalue weighted by atomic mass is 16.5. The van der Waals surface area contributed by atoms with Crippen LogP contribution >= 0.6 is 0 Å². The first kappa shape index (κ1) is 18.3. The van der Waals surface area contributed by atoms with Crippen LogP contribution in [0.15, 0.2) is 0 Å². The molecule has 0 saturated carbocycles. The molecule has 0 aromatic heterocycles. The van der Waals surface area contributed by atoms with Gasteiger partial charge in [0.25, 0.3) is 0 Å². The number of carbonyl (C=O) groups is 4. The molecule has 0 amide bonds. The van der Waals surface area contributed by atoms with Gasteiger partial charge >= 0.3 is 23.9 Å². The molecule has 0 aliphatic carbocycles. The van der Waals surface area contributed by atoms with Gasteiger partial charge in [-0.2, -0.15) is 0 Å². The van der Waals surface area contributed by atoms with E-state index in [2.05, 4.69) is 4.74 Å². The van der Waals surface area contributed by atoms with Crippen molar-refractivity contribution in [1.29, 1.82) is 0 Å². The number of rotatable bonds is 6. The zero-order valence-corrected chi connectivity index (χ0v) is 10.1. The standard InChI is InChI=1S/2C5H8O4/c1-9-5(8)3-2-4(6)7;1-3(5(8)9)2-4(6)7/h2-3H2,1H3,(H,6,7);3H,2H2,1H3,(H,6,7)(H,8,9). The maximum absolute atomic E-state index is 10.2. The maximum atomic E-state index is 10.2. The number of carboxylic acids is 3. The molecule has 8 nitrogen and oxygen atoms in total. The van der Waals surface area contributed by atoms with Gasteiger partial charge in [-0.15, -0.1) is 0 Å². The fourth-order valence-corrected chi connectivity index (χ4v) is 0.660. The Hall–Kier alpha value is -2.12. The van der Waals surface area contributed by atoms with E-state index >= 15 is 0 Å². The molecule has 0 fully saturated rings. The number of methoxy groups -OCH3 is 1. The van der Waals surface area contributed by atoms with Crippen LogP contribution in [0.2, 0.25) is 0 Å². The SMILES string of the molecule is CC(CC(=O)O)C(=O)O.COC(=O)CCC(=O)O. The van der Waals surface area contributed by atoms with E-state index in [9.17, 15) is 19.2 Å². The molecule has 0 rings (SSSR count). The van der Waals surface area contributed by atoms with Crippen molar-refractivity contribution < 1.29 is 39.2 Å². The molecule has 1 atom stereocenters. The molecular formula is C10H16O8. The lowest BCUT2D eigenvalue weighted by molar-refractivity contribution is -0.147. The van der Waals surface area contributed by atoms with Crippen LogP contribution in [0.3, 0.4) is 0 Å². The molecule has 1 unspecified atom stereocenters. The van der Waals surface area contributed by atoms with Gasteiger partial charge in [0.2, 0.25) is 0 Å². The highest BCUT2D eigenvalue weighted by molar-refractivity contribution is 5.77. The van der Waals surface area contributed by atoms with Crippen LogP contribution in [0.1, 0.15) is 26.2 Å². The number of hydrogen-bond donors (Lipinski definition) is 3. The Bertz CT molecular complexity index is 307. The minimum atomic E-state index is -1.08. The fourth-order valence-electron chi connectivity index (χ4n) is 0.660. The molecule has 0 spiro atoms. The normalized spacial score (nSPS) is 10.6. The molecule has 0 aliphatic heterocycles. The lowest BCUT2D eigenvalue weighted by Crippen LogP contribution is -2.13. The monoisotopic (exact) mass is 264 g/mol. The molecule has 0 saturated heterocycles. The number of hydrogen-bond acceptors (Lipinski definition) is 5. The van der Waals surface area contributed by atoms with E-state index in [-0.39, 0.29) is 19.3 Å². The van der Waals surface area contributed by atoms with E-state index in [4.69, 9.17) is 15.3 Å². The second kappa shape index (κ2) is 10.1. The average Bonchev–Trinajstić information content (AvgIpc) is 2.25. The molecule has 8 heteroatoms. The first-order valence-electron chi connectivity index (χ1n) is 4.93. The smallest absolute Gasteiger partial charge is 0.306 e. The summed E-state index contributed by atoms with van der Waals surface area (Å²) in [6.07, 6.45) is -0.520. The fraction of sp³-hybridized carbons (Fsp3) is 0.600. The molecule has 0 radical (unpaired) electrons. The molecule has 0 aliphatic rings. The minimum absolute atomic E-state index is 0.0498. The van der Waals surface area contributed by atoms with E-state index in [0.717, 1.165) is 0 Å². The Morgan fingerprint density at radius 3 is 1.72 bits per heavy atom. The Morgan fingerprint density at radius 1 is 1.00 bits per heavy atom. The zero-order chi connectivity index (χ0) is 14.7. The predicted octanol–water partition coefficient (Wildman–Crippen LogP) is 0.206. The van der Waals surface area contributed by atoms with Gasteiger partial charge in [-0.1, -0.05) is 6.92 Å². The first-order valence-corrected chi connectivity index (χ1v) is 4.93. The summed E-state index contributed by atoms with van der Waals surface area (Å²) in [6, 6.07) is 0. The largest absolute Gasteiger partial charge is 0.481 e. The van der Waals surface area contributed by atoms with Crippen molar-refractivity contribution in [2.75, 3.05) is 7.11 Å². The molecule has 0 aromatic rings. The van der Waals surface area contributed by atoms with Gasteiger partial charge in [0.05, 0.1) is 32.3 Å². The second-order valence-corrected chi connectivity index (χ2v) is 3.31. The van der Waals surface area contributed by atoms with Gasteiger partial charge < -0.3 is 20.1 Å².